The van der Waals surface area contributed by atoms with E-state index in [0.29, 0.717) is 0 Å². The van der Waals surface area contributed by atoms with Crippen LogP contribution in [0, 0.1) is 0 Å². The summed E-state index contributed by atoms with van der Waals surface area (Å²) in [5.74, 6) is 0. The molecule has 0 radical (unpaired) electrons. The van der Waals surface area contributed by atoms with Gasteiger partial charge in [0, 0.05) is 25.5 Å². The van der Waals surface area contributed by atoms with Crippen LogP contribution in [0.1, 0.15) is 11.1 Å². The van der Waals surface area contributed by atoms with Crippen LogP contribution in [0.5, 0.6) is 0 Å². The number of para-hydroxylation sites is 2. The summed E-state index contributed by atoms with van der Waals surface area (Å²) in [5.41, 5.74) is 5.25. The van der Waals surface area contributed by atoms with Gasteiger partial charge in [0.1, 0.15) is 0 Å². The molecule has 0 amide bonds. The summed E-state index contributed by atoms with van der Waals surface area (Å²) in [6.07, 6.45) is 3.72. The zero-order valence-corrected chi connectivity index (χ0v) is 13.0. The number of rotatable bonds is 4. The Morgan fingerprint density at radius 3 is 1.78 bits per heavy atom. The van der Waals surface area contributed by atoms with Crippen LogP contribution in [0.4, 0.5) is 11.4 Å². The van der Waals surface area contributed by atoms with Gasteiger partial charge in [0.05, 0.1) is 18.0 Å². The second-order valence-corrected chi connectivity index (χ2v) is 5.87. The fourth-order valence-electron chi connectivity index (χ4n) is 3.14. The van der Waals surface area contributed by atoms with Crippen molar-refractivity contribution in [3.63, 3.8) is 0 Å². The number of aromatic nitrogens is 1. The third kappa shape index (κ3) is 2.90. The Labute approximate surface area is 136 Å². The molecule has 0 aliphatic carbocycles. The normalized spacial score (nSPS) is 13.2. The minimum Gasteiger partial charge on any atom is -0.348 e. The Morgan fingerprint density at radius 2 is 1.17 bits per heavy atom. The molecule has 0 spiro atoms. The highest BCUT2D eigenvalue weighted by atomic mass is 15.4. The maximum Gasteiger partial charge on any atom is 0.0911 e. The molecule has 0 saturated heterocycles. The lowest BCUT2D eigenvalue weighted by molar-refractivity contribution is 0.763. The third-order valence-electron chi connectivity index (χ3n) is 4.24. The second-order valence-electron chi connectivity index (χ2n) is 5.87. The second kappa shape index (κ2) is 6.13. The summed E-state index contributed by atoms with van der Waals surface area (Å²) >= 11 is 0. The monoisotopic (exact) mass is 301 g/mol. The molecule has 1 aliphatic rings. The van der Waals surface area contributed by atoms with Gasteiger partial charge < -0.3 is 9.80 Å². The van der Waals surface area contributed by atoms with Crippen LogP contribution in [0.3, 0.4) is 0 Å². The van der Waals surface area contributed by atoms with Gasteiger partial charge in [-0.15, -0.1) is 0 Å². The highest BCUT2D eigenvalue weighted by molar-refractivity contribution is 5.76. The lowest BCUT2D eigenvalue weighted by atomic mass is 10.2. The maximum atomic E-state index is 4.11. The van der Waals surface area contributed by atoms with Gasteiger partial charge in [-0.3, -0.25) is 4.98 Å². The predicted molar refractivity (Wildman–Crippen MR) is 94.4 cm³/mol. The molecule has 0 fully saturated rings. The fraction of sp³-hybridized carbons (Fsp3) is 0.150. The smallest absolute Gasteiger partial charge is 0.0911 e. The van der Waals surface area contributed by atoms with E-state index in [0.717, 1.165) is 19.8 Å². The van der Waals surface area contributed by atoms with Crippen LogP contribution in [0.2, 0.25) is 0 Å². The van der Waals surface area contributed by atoms with Gasteiger partial charge in [0.25, 0.3) is 0 Å². The van der Waals surface area contributed by atoms with Crippen LogP contribution in [0.25, 0.3) is 0 Å². The molecule has 0 unspecified atom stereocenters. The summed E-state index contributed by atoms with van der Waals surface area (Å²) in [6, 6.07) is 23.5. The molecule has 3 aromatic rings. The minimum absolute atomic E-state index is 0.908. The molecule has 23 heavy (non-hydrogen) atoms. The quantitative estimate of drug-likeness (QED) is 0.724. The molecule has 1 aliphatic heterocycles. The van der Waals surface area contributed by atoms with Gasteiger partial charge in [-0.1, -0.05) is 42.5 Å². The SMILES string of the molecule is c1ccc(CN2CN(Cc3ccncc3)c3ccccc32)cc1. The van der Waals surface area contributed by atoms with Crippen molar-refractivity contribution < 1.29 is 0 Å². The van der Waals surface area contributed by atoms with E-state index in [1.165, 1.54) is 22.5 Å². The molecule has 0 N–H and O–H groups in total. The zero-order valence-electron chi connectivity index (χ0n) is 13.0. The van der Waals surface area contributed by atoms with E-state index in [1.807, 2.05) is 12.4 Å². The predicted octanol–water partition coefficient (Wildman–Crippen LogP) is 4.07. The summed E-state index contributed by atoms with van der Waals surface area (Å²) in [5, 5.41) is 0. The summed E-state index contributed by atoms with van der Waals surface area (Å²) in [7, 11) is 0. The van der Waals surface area contributed by atoms with Gasteiger partial charge in [-0.05, 0) is 35.4 Å². The molecule has 0 atom stereocenters. The van der Waals surface area contributed by atoms with E-state index in [9.17, 15) is 0 Å². The Bertz CT molecular complexity index is 705. The first-order chi connectivity index (χ1) is 11.4. The number of hydrogen-bond donors (Lipinski definition) is 0. The maximum absolute atomic E-state index is 4.11. The van der Waals surface area contributed by atoms with E-state index in [4.69, 9.17) is 0 Å². The topological polar surface area (TPSA) is 19.4 Å². The summed E-state index contributed by atoms with van der Waals surface area (Å²) in [6.45, 7) is 2.76. The Balaban J connectivity index is 1.59. The molecule has 3 nitrogen and oxygen atoms in total. The first kappa shape index (κ1) is 13.8. The first-order valence-corrected chi connectivity index (χ1v) is 7.92. The highest BCUT2D eigenvalue weighted by Crippen LogP contribution is 2.37. The number of fused-ring (bicyclic) bond motifs is 1. The van der Waals surface area contributed by atoms with Crippen molar-refractivity contribution in [2.45, 2.75) is 13.1 Å². The van der Waals surface area contributed by atoms with Gasteiger partial charge in [0.15, 0.2) is 0 Å². The molecular weight excluding hydrogens is 282 g/mol. The Hall–Kier alpha value is -2.81. The largest absolute Gasteiger partial charge is 0.348 e. The molecule has 1 aromatic heterocycles. The van der Waals surface area contributed by atoms with Crippen molar-refractivity contribution in [2.75, 3.05) is 16.5 Å². The molecule has 3 heteroatoms. The van der Waals surface area contributed by atoms with Crippen LogP contribution >= 0.6 is 0 Å². The summed E-state index contributed by atoms with van der Waals surface area (Å²) in [4.78, 5) is 8.97. The molecule has 0 bridgehead atoms. The van der Waals surface area contributed by atoms with Crippen molar-refractivity contribution in [2.24, 2.45) is 0 Å². The Morgan fingerprint density at radius 1 is 0.652 bits per heavy atom. The molecule has 2 heterocycles. The molecule has 114 valence electrons. The van der Waals surface area contributed by atoms with E-state index in [2.05, 4.69) is 81.5 Å². The molecule has 2 aromatic carbocycles. The van der Waals surface area contributed by atoms with Crippen LogP contribution in [-0.4, -0.2) is 11.7 Å². The minimum atomic E-state index is 0.908. The van der Waals surface area contributed by atoms with Gasteiger partial charge in [-0.2, -0.15) is 0 Å². The highest BCUT2D eigenvalue weighted by Gasteiger charge is 2.25. The van der Waals surface area contributed by atoms with Crippen LogP contribution < -0.4 is 9.80 Å². The lowest BCUT2D eigenvalue weighted by Gasteiger charge is -2.22. The van der Waals surface area contributed by atoms with Crippen LogP contribution in [0.15, 0.2) is 79.1 Å². The van der Waals surface area contributed by atoms with E-state index < -0.39 is 0 Å². The van der Waals surface area contributed by atoms with Crippen molar-refractivity contribution in [1.29, 1.82) is 0 Å². The number of nitrogens with zero attached hydrogens (tertiary/aromatic N) is 3. The van der Waals surface area contributed by atoms with Crippen LogP contribution in [-0.2, 0) is 13.1 Å². The van der Waals surface area contributed by atoms with Crippen molar-refractivity contribution in [3.05, 3.63) is 90.3 Å². The number of anilines is 2. The van der Waals surface area contributed by atoms with Crippen molar-refractivity contribution in [3.8, 4) is 0 Å². The van der Waals surface area contributed by atoms with E-state index in [1.54, 1.807) is 0 Å². The number of hydrogen-bond acceptors (Lipinski definition) is 3. The van der Waals surface area contributed by atoms with Gasteiger partial charge in [0.2, 0.25) is 0 Å². The van der Waals surface area contributed by atoms with Crippen molar-refractivity contribution in [1.82, 2.24) is 4.98 Å². The molecule has 0 saturated carbocycles. The third-order valence-corrected chi connectivity index (χ3v) is 4.24. The van der Waals surface area contributed by atoms with Gasteiger partial charge >= 0.3 is 0 Å². The number of benzene rings is 2. The van der Waals surface area contributed by atoms with Crippen molar-refractivity contribution >= 4 is 11.4 Å². The average molecular weight is 301 g/mol. The number of pyridine rings is 1. The van der Waals surface area contributed by atoms with Gasteiger partial charge in [-0.25, -0.2) is 0 Å². The van der Waals surface area contributed by atoms with E-state index in [-0.39, 0.29) is 0 Å². The fourth-order valence-corrected chi connectivity index (χ4v) is 3.14. The van der Waals surface area contributed by atoms with E-state index >= 15 is 0 Å². The average Bonchev–Trinajstić information content (AvgIpc) is 2.95. The first-order valence-electron chi connectivity index (χ1n) is 7.92. The molecule has 4 rings (SSSR count). The molecular formula is C20H19N3. The Kier molecular flexibility index (Phi) is 3.68. The zero-order chi connectivity index (χ0) is 15.5. The standard InChI is InChI=1S/C20H19N3/c1-2-6-17(7-3-1)14-22-16-23(15-18-10-12-21-13-11-18)20-9-5-4-8-19(20)22/h1-13H,14-16H2. The lowest BCUT2D eigenvalue weighted by Crippen LogP contribution is -2.30. The summed E-state index contributed by atoms with van der Waals surface area (Å²) < 4.78 is 0.